The SMILES string of the molecule is CCc1ccc(C=O)cn1. The Balaban J connectivity index is 2.90. The first-order chi connectivity index (χ1) is 4.86. The van der Waals surface area contributed by atoms with E-state index in [2.05, 4.69) is 4.98 Å². The van der Waals surface area contributed by atoms with E-state index in [-0.39, 0.29) is 0 Å². The minimum Gasteiger partial charge on any atom is -0.298 e. The Labute approximate surface area is 59.9 Å². The van der Waals surface area contributed by atoms with Gasteiger partial charge in [-0.15, -0.1) is 0 Å². The average molecular weight is 135 g/mol. The van der Waals surface area contributed by atoms with Crippen LogP contribution < -0.4 is 0 Å². The van der Waals surface area contributed by atoms with Crippen molar-refractivity contribution in [3.63, 3.8) is 0 Å². The number of carbonyl (C=O) groups is 1. The van der Waals surface area contributed by atoms with E-state index in [0.717, 1.165) is 18.4 Å². The molecule has 0 saturated heterocycles. The highest BCUT2D eigenvalue weighted by Crippen LogP contribution is 1.97. The second kappa shape index (κ2) is 3.11. The number of aromatic nitrogens is 1. The van der Waals surface area contributed by atoms with Gasteiger partial charge in [0.1, 0.15) is 0 Å². The van der Waals surface area contributed by atoms with E-state index in [0.29, 0.717) is 5.56 Å². The second-order valence-electron chi connectivity index (χ2n) is 2.05. The summed E-state index contributed by atoms with van der Waals surface area (Å²) in [5.41, 5.74) is 1.66. The van der Waals surface area contributed by atoms with Gasteiger partial charge in [-0.1, -0.05) is 6.92 Å². The zero-order chi connectivity index (χ0) is 7.40. The van der Waals surface area contributed by atoms with Crippen molar-refractivity contribution in [3.8, 4) is 0 Å². The Morgan fingerprint density at radius 1 is 1.60 bits per heavy atom. The van der Waals surface area contributed by atoms with Crippen molar-refractivity contribution in [1.29, 1.82) is 0 Å². The summed E-state index contributed by atoms with van der Waals surface area (Å²) >= 11 is 0. The van der Waals surface area contributed by atoms with Crippen molar-refractivity contribution < 1.29 is 4.79 Å². The van der Waals surface area contributed by atoms with Crippen LogP contribution in [0, 0.1) is 0 Å². The molecule has 0 saturated carbocycles. The topological polar surface area (TPSA) is 30.0 Å². The lowest BCUT2D eigenvalue weighted by Crippen LogP contribution is -1.87. The van der Waals surface area contributed by atoms with Crippen LogP contribution in [0.1, 0.15) is 23.0 Å². The van der Waals surface area contributed by atoms with Crippen molar-refractivity contribution in [2.24, 2.45) is 0 Å². The van der Waals surface area contributed by atoms with Crippen LogP contribution in [0.5, 0.6) is 0 Å². The molecule has 0 aliphatic heterocycles. The van der Waals surface area contributed by atoms with E-state index in [1.165, 1.54) is 0 Å². The van der Waals surface area contributed by atoms with Crippen LogP contribution in [0.4, 0.5) is 0 Å². The summed E-state index contributed by atoms with van der Waals surface area (Å²) in [6, 6.07) is 3.64. The largest absolute Gasteiger partial charge is 0.298 e. The highest BCUT2D eigenvalue weighted by molar-refractivity contribution is 5.73. The summed E-state index contributed by atoms with van der Waals surface area (Å²) in [7, 11) is 0. The number of hydrogen-bond acceptors (Lipinski definition) is 2. The molecule has 1 aromatic heterocycles. The van der Waals surface area contributed by atoms with Gasteiger partial charge in [-0.05, 0) is 18.6 Å². The summed E-state index contributed by atoms with van der Waals surface area (Å²) < 4.78 is 0. The molecule has 0 fully saturated rings. The van der Waals surface area contributed by atoms with E-state index in [1.54, 1.807) is 12.3 Å². The first-order valence-corrected chi connectivity index (χ1v) is 3.27. The monoisotopic (exact) mass is 135 g/mol. The summed E-state index contributed by atoms with van der Waals surface area (Å²) in [6.07, 6.45) is 3.30. The van der Waals surface area contributed by atoms with E-state index in [9.17, 15) is 4.79 Å². The van der Waals surface area contributed by atoms with Crippen molar-refractivity contribution in [2.75, 3.05) is 0 Å². The number of rotatable bonds is 2. The lowest BCUT2D eigenvalue weighted by Gasteiger charge is -1.92. The predicted octanol–water partition coefficient (Wildman–Crippen LogP) is 1.46. The molecule has 0 atom stereocenters. The number of carbonyl (C=O) groups excluding carboxylic acids is 1. The molecule has 0 N–H and O–H groups in total. The van der Waals surface area contributed by atoms with E-state index >= 15 is 0 Å². The fourth-order valence-electron chi connectivity index (χ4n) is 0.715. The van der Waals surface area contributed by atoms with Crippen molar-refractivity contribution in [1.82, 2.24) is 4.98 Å². The second-order valence-corrected chi connectivity index (χ2v) is 2.05. The Kier molecular flexibility index (Phi) is 2.15. The van der Waals surface area contributed by atoms with Gasteiger partial charge < -0.3 is 0 Å². The predicted molar refractivity (Wildman–Crippen MR) is 39.0 cm³/mol. The standard InChI is InChI=1S/C8H9NO/c1-2-8-4-3-7(6-10)5-9-8/h3-6H,2H2,1H3. The number of hydrogen-bond donors (Lipinski definition) is 0. The quantitative estimate of drug-likeness (QED) is 0.574. The lowest BCUT2D eigenvalue weighted by atomic mass is 10.2. The van der Waals surface area contributed by atoms with Crippen LogP contribution in [-0.2, 0) is 6.42 Å². The van der Waals surface area contributed by atoms with Crippen LogP contribution in [0.15, 0.2) is 18.3 Å². The Bertz CT molecular complexity index is 215. The third-order valence-electron chi connectivity index (χ3n) is 1.35. The van der Waals surface area contributed by atoms with Crippen LogP contribution in [-0.4, -0.2) is 11.3 Å². The first kappa shape index (κ1) is 6.93. The van der Waals surface area contributed by atoms with Crippen LogP contribution >= 0.6 is 0 Å². The fraction of sp³-hybridized carbons (Fsp3) is 0.250. The number of nitrogens with zero attached hydrogens (tertiary/aromatic N) is 1. The molecular formula is C8H9NO. The van der Waals surface area contributed by atoms with Gasteiger partial charge in [-0.3, -0.25) is 9.78 Å². The molecule has 0 aliphatic carbocycles. The maximum absolute atomic E-state index is 10.2. The Morgan fingerprint density at radius 3 is 2.80 bits per heavy atom. The van der Waals surface area contributed by atoms with E-state index < -0.39 is 0 Å². The van der Waals surface area contributed by atoms with Gasteiger partial charge in [0.05, 0.1) is 0 Å². The molecule has 0 spiro atoms. The van der Waals surface area contributed by atoms with Gasteiger partial charge in [0.25, 0.3) is 0 Å². The molecule has 0 aromatic carbocycles. The fourth-order valence-corrected chi connectivity index (χ4v) is 0.715. The normalized spacial score (nSPS) is 9.30. The molecule has 1 aromatic rings. The number of pyridine rings is 1. The number of aryl methyl sites for hydroxylation is 1. The molecule has 2 nitrogen and oxygen atoms in total. The summed E-state index contributed by atoms with van der Waals surface area (Å²) in [6.45, 7) is 2.03. The van der Waals surface area contributed by atoms with Gasteiger partial charge in [-0.2, -0.15) is 0 Å². The van der Waals surface area contributed by atoms with Crippen molar-refractivity contribution in [3.05, 3.63) is 29.6 Å². The highest BCUT2D eigenvalue weighted by Gasteiger charge is 1.90. The van der Waals surface area contributed by atoms with Gasteiger partial charge in [-0.25, -0.2) is 0 Å². The molecule has 10 heavy (non-hydrogen) atoms. The van der Waals surface area contributed by atoms with Crippen molar-refractivity contribution >= 4 is 6.29 Å². The van der Waals surface area contributed by atoms with E-state index in [4.69, 9.17) is 0 Å². The van der Waals surface area contributed by atoms with E-state index in [1.807, 2.05) is 13.0 Å². The van der Waals surface area contributed by atoms with Gasteiger partial charge >= 0.3 is 0 Å². The maximum atomic E-state index is 10.2. The molecule has 1 rings (SSSR count). The molecule has 0 bridgehead atoms. The first-order valence-electron chi connectivity index (χ1n) is 3.27. The zero-order valence-electron chi connectivity index (χ0n) is 5.87. The molecule has 0 unspecified atom stereocenters. The summed E-state index contributed by atoms with van der Waals surface area (Å²) in [4.78, 5) is 14.2. The molecule has 1 heterocycles. The molecule has 0 aliphatic rings. The Morgan fingerprint density at radius 2 is 2.40 bits per heavy atom. The highest BCUT2D eigenvalue weighted by atomic mass is 16.1. The minimum atomic E-state index is 0.636. The zero-order valence-corrected chi connectivity index (χ0v) is 5.87. The summed E-state index contributed by atoms with van der Waals surface area (Å²) in [5, 5.41) is 0. The minimum absolute atomic E-state index is 0.636. The molecular weight excluding hydrogens is 126 g/mol. The van der Waals surface area contributed by atoms with Gasteiger partial charge in [0.2, 0.25) is 0 Å². The smallest absolute Gasteiger partial charge is 0.151 e. The maximum Gasteiger partial charge on any atom is 0.151 e. The van der Waals surface area contributed by atoms with Gasteiger partial charge in [0, 0.05) is 17.5 Å². The average Bonchev–Trinajstić information content (AvgIpc) is 2.05. The number of aldehydes is 1. The molecule has 52 valence electrons. The summed E-state index contributed by atoms with van der Waals surface area (Å²) in [5.74, 6) is 0. The third kappa shape index (κ3) is 1.41. The van der Waals surface area contributed by atoms with Crippen molar-refractivity contribution in [2.45, 2.75) is 13.3 Å². The molecule has 0 amide bonds. The van der Waals surface area contributed by atoms with Gasteiger partial charge in [0.15, 0.2) is 6.29 Å². The Hall–Kier alpha value is -1.18. The van der Waals surface area contributed by atoms with Crippen LogP contribution in [0.2, 0.25) is 0 Å². The lowest BCUT2D eigenvalue weighted by molar-refractivity contribution is 0.112. The molecule has 0 radical (unpaired) electrons. The molecule has 2 heteroatoms. The van der Waals surface area contributed by atoms with Crippen LogP contribution in [0.25, 0.3) is 0 Å². The third-order valence-corrected chi connectivity index (χ3v) is 1.35. The van der Waals surface area contributed by atoms with Crippen LogP contribution in [0.3, 0.4) is 0 Å².